The first-order valence-corrected chi connectivity index (χ1v) is 6.02. The van der Waals surface area contributed by atoms with Crippen LogP contribution in [0.3, 0.4) is 0 Å². The minimum atomic E-state index is 0.257. The number of nitrogens with zero attached hydrogens (tertiary/aromatic N) is 4. The molecule has 0 unspecified atom stereocenters. The summed E-state index contributed by atoms with van der Waals surface area (Å²) in [6, 6.07) is 0.529. The van der Waals surface area contributed by atoms with Crippen LogP contribution in [0.2, 0.25) is 0 Å². The third-order valence-corrected chi connectivity index (χ3v) is 3.08. The smallest absolute Gasteiger partial charge is 0.224 e. The van der Waals surface area contributed by atoms with Crippen LogP contribution in [0.25, 0.3) is 11.2 Å². The minimum Gasteiger partial charge on any atom is -0.383 e. The average Bonchev–Trinajstić information content (AvgIpc) is 3.08. The van der Waals surface area contributed by atoms with Crippen molar-refractivity contribution >= 4 is 22.9 Å². The standard InChI is InChI=1S/C11H16N6O/c1-18-5-4-17(7-2-3-7)10-8-9(14-6-13-8)15-11(12)16-10/h6-7H,2-5H2,1H3,(H3,12,13,14,15,16). The van der Waals surface area contributed by atoms with Crippen LogP contribution < -0.4 is 10.6 Å². The molecule has 0 spiro atoms. The van der Waals surface area contributed by atoms with Gasteiger partial charge in [0.1, 0.15) is 5.52 Å². The second-order valence-electron chi connectivity index (χ2n) is 4.42. The largest absolute Gasteiger partial charge is 0.383 e. The SMILES string of the molecule is COCCN(c1nc(N)nc2nc[nH]c12)C1CC1. The maximum atomic E-state index is 5.74. The van der Waals surface area contributed by atoms with Crippen LogP contribution in [0.15, 0.2) is 6.33 Å². The van der Waals surface area contributed by atoms with Gasteiger partial charge in [0.15, 0.2) is 11.5 Å². The molecule has 2 aromatic heterocycles. The van der Waals surface area contributed by atoms with Gasteiger partial charge in [-0.2, -0.15) is 9.97 Å². The van der Waals surface area contributed by atoms with E-state index in [2.05, 4.69) is 24.8 Å². The normalized spacial score (nSPS) is 15.2. The molecule has 1 saturated carbocycles. The van der Waals surface area contributed by atoms with Gasteiger partial charge in [-0.1, -0.05) is 0 Å². The number of rotatable bonds is 5. The lowest BCUT2D eigenvalue weighted by molar-refractivity contribution is 0.205. The van der Waals surface area contributed by atoms with Crippen molar-refractivity contribution in [3.63, 3.8) is 0 Å². The number of nitrogen functional groups attached to an aromatic ring is 1. The third kappa shape index (κ3) is 1.97. The number of imidazole rings is 1. The summed E-state index contributed by atoms with van der Waals surface area (Å²) in [4.78, 5) is 17.9. The Labute approximate surface area is 104 Å². The fraction of sp³-hybridized carbons (Fsp3) is 0.545. The van der Waals surface area contributed by atoms with E-state index in [9.17, 15) is 0 Å². The second kappa shape index (κ2) is 4.41. The van der Waals surface area contributed by atoms with Crippen molar-refractivity contribution in [2.75, 3.05) is 30.9 Å². The third-order valence-electron chi connectivity index (χ3n) is 3.08. The maximum absolute atomic E-state index is 5.74. The summed E-state index contributed by atoms with van der Waals surface area (Å²) in [7, 11) is 1.70. The molecule has 2 heterocycles. The number of aromatic amines is 1. The number of hydrogen-bond acceptors (Lipinski definition) is 6. The summed E-state index contributed by atoms with van der Waals surface area (Å²) in [6.45, 7) is 1.46. The lowest BCUT2D eigenvalue weighted by Gasteiger charge is -2.23. The molecular formula is C11H16N6O. The van der Waals surface area contributed by atoms with Crippen LogP contribution in [0, 0.1) is 0 Å². The Morgan fingerprint density at radius 2 is 2.33 bits per heavy atom. The molecule has 0 aliphatic heterocycles. The summed E-state index contributed by atoms with van der Waals surface area (Å²) in [5.74, 6) is 1.09. The quantitative estimate of drug-likeness (QED) is 0.802. The van der Waals surface area contributed by atoms with Gasteiger partial charge in [-0.15, -0.1) is 0 Å². The summed E-state index contributed by atoms with van der Waals surface area (Å²) in [5.41, 5.74) is 7.19. The summed E-state index contributed by atoms with van der Waals surface area (Å²) in [5, 5.41) is 0. The molecule has 0 radical (unpaired) electrons. The van der Waals surface area contributed by atoms with Crippen molar-refractivity contribution < 1.29 is 4.74 Å². The predicted octanol–water partition coefficient (Wildman–Crippen LogP) is 0.550. The highest BCUT2D eigenvalue weighted by Gasteiger charge is 2.31. The number of H-pyrrole nitrogens is 1. The van der Waals surface area contributed by atoms with Gasteiger partial charge in [0.2, 0.25) is 5.95 Å². The number of hydrogen-bond donors (Lipinski definition) is 2. The minimum absolute atomic E-state index is 0.257. The molecule has 0 atom stereocenters. The fourth-order valence-electron chi connectivity index (χ4n) is 2.08. The molecule has 3 rings (SSSR count). The first kappa shape index (κ1) is 11.2. The lowest BCUT2D eigenvalue weighted by Crippen LogP contribution is -2.30. The number of methoxy groups -OCH3 is 1. The molecule has 0 bridgehead atoms. The zero-order valence-electron chi connectivity index (χ0n) is 10.3. The molecule has 96 valence electrons. The molecule has 0 aromatic carbocycles. The molecule has 2 aromatic rings. The summed E-state index contributed by atoms with van der Waals surface area (Å²) >= 11 is 0. The van der Waals surface area contributed by atoms with E-state index < -0.39 is 0 Å². The molecule has 1 aliphatic carbocycles. The van der Waals surface area contributed by atoms with Crippen molar-refractivity contribution in [3.05, 3.63) is 6.33 Å². The average molecular weight is 248 g/mol. The molecule has 1 fully saturated rings. The van der Waals surface area contributed by atoms with Crippen molar-refractivity contribution in [2.24, 2.45) is 0 Å². The molecule has 1 aliphatic rings. The van der Waals surface area contributed by atoms with Crippen LogP contribution in [-0.4, -0.2) is 46.2 Å². The van der Waals surface area contributed by atoms with E-state index in [-0.39, 0.29) is 5.95 Å². The number of fused-ring (bicyclic) bond motifs is 1. The van der Waals surface area contributed by atoms with E-state index >= 15 is 0 Å². The Bertz CT molecular complexity index is 549. The fourth-order valence-corrected chi connectivity index (χ4v) is 2.08. The van der Waals surface area contributed by atoms with Crippen LogP contribution >= 0.6 is 0 Å². The Balaban J connectivity index is 2.01. The second-order valence-corrected chi connectivity index (χ2v) is 4.42. The topological polar surface area (TPSA) is 92.9 Å². The lowest BCUT2D eigenvalue weighted by atomic mass is 10.4. The Morgan fingerprint density at radius 1 is 1.50 bits per heavy atom. The maximum Gasteiger partial charge on any atom is 0.224 e. The predicted molar refractivity (Wildman–Crippen MR) is 68.3 cm³/mol. The molecular weight excluding hydrogens is 232 g/mol. The van der Waals surface area contributed by atoms with Gasteiger partial charge < -0.3 is 20.4 Å². The number of nitrogens with one attached hydrogen (secondary N) is 1. The number of aromatic nitrogens is 4. The summed E-state index contributed by atoms with van der Waals surface area (Å²) in [6.07, 6.45) is 3.98. The van der Waals surface area contributed by atoms with E-state index in [1.807, 2.05) is 0 Å². The van der Waals surface area contributed by atoms with E-state index in [1.54, 1.807) is 13.4 Å². The van der Waals surface area contributed by atoms with Crippen LogP contribution in [0.4, 0.5) is 11.8 Å². The molecule has 0 saturated heterocycles. The van der Waals surface area contributed by atoms with Crippen molar-refractivity contribution in [1.29, 1.82) is 0 Å². The molecule has 7 nitrogen and oxygen atoms in total. The molecule has 0 amide bonds. The Hall–Kier alpha value is -1.89. The van der Waals surface area contributed by atoms with Gasteiger partial charge in [0, 0.05) is 19.7 Å². The van der Waals surface area contributed by atoms with Crippen LogP contribution in [-0.2, 0) is 4.74 Å². The first-order valence-electron chi connectivity index (χ1n) is 6.02. The van der Waals surface area contributed by atoms with Crippen molar-refractivity contribution in [1.82, 2.24) is 19.9 Å². The Kier molecular flexibility index (Phi) is 2.75. The van der Waals surface area contributed by atoms with Gasteiger partial charge in [-0.3, -0.25) is 0 Å². The highest BCUT2D eigenvalue weighted by Crippen LogP contribution is 2.33. The van der Waals surface area contributed by atoms with E-state index in [4.69, 9.17) is 10.5 Å². The zero-order valence-corrected chi connectivity index (χ0v) is 10.3. The monoisotopic (exact) mass is 248 g/mol. The van der Waals surface area contributed by atoms with Crippen LogP contribution in [0.5, 0.6) is 0 Å². The molecule has 3 N–H and O–H groups in total. The number of nitrogens with two attached hydrogens (primary N) is 1. The van der Waals surface area contributed by atoms with E-state index in [0.29, 0.717) is 18.3 Å². The zero-order chi connectivity index (χ0) is 12.5. The van der Waals surface area contributed by atoms with Crippen LogP contribution in [0.1, 0.15) is 12.8 Å². The number of anilines is 2. The number of ether oxygens (including phenoxy) is 1. The van der Waals surface area contributed by atoms with Gasteiger partial charge in [0.05, 0.1) is 12.9 Å². The van der Waals surface area contributed by atoms with E-state index in [0.717, 1.165) is 17.9 Å². The Morgan fingerprint density at radius 3 is 3.06 bits per heavy atom. The van der Waals surface area contributed by atoms with Crippen molar-refractivity contribution in [2.45, 2.75) is 18.9 Å². The van der Waals surface area contributed by atoms with Gasteiger partial charge >= 0.3 is 0 Å². The molecule has 7 heteroatoms. The highest BCUT2D eigenvalue weighted by molar-refractivity contribution is 5.84. The van der Waals surface area contributed by atoms with Crippen molar-refractivity contribution in [3.8, 4) is 0 Å². The van der Waals surface area contributed by atoms with Gasteiger partial charge in [0.25, 0.3) is 0 Å². The summed E-state index contributed by atoms with van der Waals surface area (Å²) < 4.78 is 5.15. The van der Waals surface area contributed by atoms with Gasteiger partial charge in [-0.25, -0.2) is 4.98 Å². The van der Waals surface area contributed by atoms with Gasteiger partial charge in [-0.05, 0) is 12.8 Å². The molecule has 18 heavy (non-hydrogen) atoms. The van der Waals surface area contributed by atoms with E-state index in [1.165, 1.54) is 12.8 Å². The highest BCUT2D eigenvalue weighted by atomic mass is 16.5. The first-order chi connectivity index (χ1) is 8.79.